The van der Waals surface area contributed by atoms with Gasteiger partial charge in [0.15, 0.2) is 11.8 Å². The van der Waals surface area contributed by atoms with Gasteiger partial charge in [-0.15, -0.1) is 10.2 Å². The molecule has 0 fully saturated rings. The SMILES string of the molecule is CC(C)n1cnnc1SCC(=O)N(C)Cc1ccc(OCC(=O)O)cc1. The Labute approximate surface area is 156 Å². The van der Waals surface area contributed by atoms with Crippen LogP contribution in [0.2, 0.25) is 0 Å². The maximum Gasteiger partial charge on any atom is 0.341 e. The second kappa shape index (κ2) is 9.23. The van der Waals surface area contributed by atoms with Gasteiger partial charge in [-0.05, 0) is 31.5 Å². The molecule has 26 heavy (non-hydrogen) atoms. The van der Waals surface area contributed by atoms with E-state index >= 15 is 0 Å². The molecule has 0 saturated heterocycles. The average molecular weight is 378 g/mol. The number of hydrogen-bond acceptors (Lipinski definition) is 6. The van der Waals surface area contributed by atoms with Crippen molar-refractivity contribution in [2.75, 3.05) is 19.4 Å². The molecule has 140 valence electrons. The zero-order chi connectivity index (χ0) is 19.1. The Bertz CT molecular complexity index is 745. The van der Waals surface area contributed by atoms with Gasteiger partial charge in [-0.3, -0.25) is 4.79 Å². The molecule has 8 nitrogen and oxygen atoms in total. The summed E-state index contributed by atoms with van der Waals surface area (Å²) in [5.41, 5.74) is 0.930. The highest BCUT2D eigenvalue weighted by atomic mass is 32.2. The van der Waals surface area contributed by atoms with E-state index in [4.69, 9.17) is 9.84 Å². The maximum absolute atomic E-state index is 12.3. The molecule has 1 aromatic heterocycles. The van der Waals surface area contributed by atoms with Crippen molar-refractivity contribution < 1.29 is 19.4 Å². The van der Waals surface area contributed by atoms with Crippen LogP contribution in [0.4, 0.5) is 0 Å². The van der Waals surface area contributed by atoms with Crippen molar-refractivity contribution in [3.8, 4) is 5.75 Å². The van der Waals surface area contributed by atoms with E-state index in [0.717, 1.165) is 10.7 Å². The van der Waals surface area contributed by atoms with E-state index in [9.17, 15) is 9.59 Å². The first-order valence-corrected chi connectivity index (χ1v) is 9.05. The zero-order valence-corrected chi connectivity index (χ0v) is 15.8. The minimum absolute atomic E-state index is 0.0143. The largest absolute Gasteiger partial charge is 0.482 e. The van der Waals surface area contributed by atoms with Crippen LogP contribution in [-0.2, 0) is 16.1 Å². The van der Waals surface area contributed by atoms with E-state index in [1.807, 2.05) is 30.5 Å². The monoisotopic (exact) mass is 378 g/mol. The average Bonchev–Trinajstić information content (AvgIpc) is 3.07. The standard InChI is InChI=1S/C17H22N4O4S/c1-12(2)21-11-18-19-17(21)26-10-15(22)20(3)8-13-4-6-14(7-5-13)25-9-16(23)24/h4-7,11-12H,8-10H2,1-3H3,(H,23,24). The van der Waals surface area contributed by atoms with Gasteiger partial charge in [0.05, 0.1) is 5.75 Å². The number of benzene rings is 1. The molecule has 0 aliphatic carbocycles. The third-order valence-electron chi connectivity index (χ3n) is 3.55. The van der Waals surface area contributed by atoms with Crippen LogP contribution in [0.1, 0.15) is 25.5 Å². The van der Waals surface area contributed by atoms with E-state index in [-0.39, 0.29) is 24.3 Å². The Morgan fingerprint density at radius 3 is 2.62 bits per heavy atom. The molecule has 1 amide bonds. The number of amides is 1. The summed E-state index contributed by atoms with van der Waals surface area (Å²) in [7, 11) is 1.74. The molecule has 1 N–H and O–H groups in total. The Balaban J connectivity index is 1.84. The normalized spacial score (nSPS) is 10.8. The fraction of sp³-hybridized carbons (Fsp3) is 0.412. The molecule has 0 spiro atoms. The molecule has 2 rings (SSSR count). The second-order valence-electron chi connectivity index (χ2n) is 5.98. The lowest BCUT2D eigenvalue weighted by atomic mass is 10.2. The van der Waals surface area contributed by atoms with Crippen LogP contribution in [0.5, 0.6) is 5.75 Å². The molecular weight excluding hydrogens is 356 g/mol. The Hall–Kier alpha value is -2.55. The van der Waals surface area contributed by atoms with Crippen molar-refractivity contribution in [3.05, 3.63) is 36.2 Å². The minimum Gasteiger partial charge on any atom is -0.482 e. The summed E-state index contributed by atoms with van der Waals surface area (Å²) in [5.74, 6) is -0.278. The molecule has 0 saturated carbocycles. The Kier molecular flexibility index (Phi) is 7.02. The van der Waals surface area contributed by atoms with Gasteiger partial charge < -0.3 is 19.3 Å². The number of carbonyl (C=O) groups is 2. The first-order valence-electron chi connectivity index (χ1n) is 8.06. The van der Waals surface area contributed by atoms with Gasteiger partial charge >= 0.3 is 5.97 Å². The van der Waals surface area contributed by atoms with Gasteiger partial charge in [-0.25, -0.2) is 4.79 Å². The maximum atomic E-state index is 12.3. The zero-order valence-electron chi connectivity index (χ0n) is 15.0. The van der Waals surface area contributed by atoms with E-state index in [2.05, 4.69) is 10.2 Å². The number of aromatic nitrogens is 3. The first-order chi connectivity index (χ1) is 12.4. The van der Waals surface area contributed by atoms with Crippen LogP contribution in [0.15, 0.2) is 35.7 Å². The number of hydrogen-bond donors (Lipinski definition) is 1. The summed E-state index contributed by atoms with van der Waals surface area (Å²) in [4.78, 5) is 24.4. The van der Waals surface area contributed by atoms with Crippen molar-refractivity contribution in [3.63, 3.8) is 0 Å². The van der Waals surface area contributed by atoms with E-state index in [1.54, 1.807) is 30.4 Å². The molecule has 0 atom stereocenters. The number of rotatable bonds is 9. The predicted molar refractivity (Wildman–Crippen MR) is 97.2 cm³/mol. The summed E-state index contributed by atoms with van der Waals surface area (Å²) < 4.78 is 7.01. The van der Waals surface area contributed by atoms with Gasteiger partial charge in [-0.1, -0.05) is 23.9 Å². The lowest BCUT2D eigenvalue weighted by Gasteiger charge is -2.17. The molecular formula is C17H22N4O4S. The van der Waals surface area contributed by atoms with Crippen molar-refractivity contribution >= 4 is 23.6 Å². The lowest BCUT2D eigenvalue weighted by molar-refractivity contribution is -0.139. The van der Waals surface area contributed by atoms with Gasteiger partial charge in [-0.2, -0.15) is 0 Å². The summed E-state index contributed by atoms with van der Waals surface area (Å²) in [5, 5.41) is 17.2. The van der Waals surface area contributed by atoms with Crippen molar-refractivity contribution in [2.45, 2.75) is 31.6 Å². The second-order valence-corrected chi connectivity index (χ2v) is 6.92. The van der Waals surface area contributed by atoms with Crippen molar-refractivity contribution in [2.24, 2.45) is 0 Å². The third-order valence-corrected chi connectivity index (χ3v) is 4.49. The molecule has 9 heteroatoms. The van der Waals surface area contributed by atoms with Crippen LogP contribution in [0.3, 0.4) is 0 Å². The van der Waals surface area contributed by atoms with Gasteiger partial charge in [0.2, 0.25) is 5.91 Å². The fourth-order valence-corrected chi connectivity index (χ4v) is 3.11. The summed E-state index contributed by atoms with van der Waals surface area (Å²) in [6.07, 6.45) is 1.66. The highest BCUT2D eigenvalue weighted by Crippen LogP contribution is 2.19. The van der Waals surface area contributed by atoms with Crippen LogP contribution < -0.4 is 4.74 Å². The van der Waals surface area contributed by atoms with Crippen LogP contribution >= 0.6 is 11.8 Å². The highest BCUT2D eigenvalue weighted by molar-refractivity contribution is 7.99. The number of thioether (sulfide) groups is 1. The fourth-order valence-electron chi connectivity index (χ4n) is 2.12. The summed E-state index contributed by atoms with van der Waals surface area (Å²) in [6, 6.07) is 7.24. The van der Waals surface area contributed by atoms with Crippen LogP contribution in [-0.4, -0.2) is 56.1 Å². The third kappa shape index (κ3) is 5.76. The van der Waals surface area contributed by atoms with Crippen molar-refractivity contribution in [1.82, 2.24) is 19.7 Å². The first kappa shape index (κ1) is 19.8. The molecule has 0 bridgehead atoms. The number of carboxylic acids is 1. The summed E-state index contributed by atoms with van der Waals surface area (Å²) >= 11 is 1.36. The smallest absolute Gasteiger partial charge is 0.341 e. The quantitative estimate of drug-likeness (QED) is 0.667. The Morgan fingerprint density at radius 1 is 1.31 bits per heavy atom. The van der Waals surface area contributed by atoms with Crippen molar-refractivity contribution in [1.29, 1.82) is 0 Å². The molecule has 1 heterocycles. The topological polar surface area (TPSA) is 97.5 Å². The van der Waals surface area contributed by atoms with Crippen LogP contribution in [0, 0.1) is 0 Å². The number of carboxylic acid groups (broad SMARTS) is 1. The number of ether oxygens (including phenoxy) is 1. The summed E-state index contributed by atoms with van der Waals surface area (Å²) in [6.45, 7) is 4.14. The van der Waals surface area contributed by atoms with Crippen LogP contribution in [0.25, 0.3) is 0 Å². The molecule has 0 aliphatic heterocycles. The molecule has 1 aromatic carbocycles. The molecule has 2 aromatic rings. The number of nitrogens with zero attached hydrogens (tertiary/aromatic N) is 4. The van der Waals surface area contributed by atoms with E-state index in [0.29, 0.717) is 12.3 Å². The Morgan fingerprint density at radius 2 is 2.00 bits per heavy atom. The van der Waals surface area contributed by atoms with E-state index in [1.165, 1.54) is 11.8 Å². The molecule has 0 radical (unpaired) electrons. The highest BCUT2D eigenvalue weighted by Gasteiger charge is 2.14. The molecule has 0 unspecified atom stereocenters. The number of aliphatic carboxylic acids is 1. The molecule has 0 aliphatic rings. The lowest BCUT2D eigenvalue weighted by Crippen LogP contribution is -2.27. The van der Waals surface area contributed by atoms with E-state index < -0.39 is 5.97 Å². The minimum atomic E-state index is -1.02. The predicted octanol–water partition coefficient (Wildman–Crippen LogP) is 2.07. The van der Waals surface area contributed by atoms with Gasteiger partial charge in [0.1, 0.15) is 12.1 Å². The van der Waals surface area contributed by atoms with Gasteiger partial charge in [0, 0.05) is 19.6 Å². The van der Waals surface area contributed by atoms with Gasteiger partial charge in [0.25, 0.3) is 0 Å². The number of carbonyl (C=O) groups excluding carboxylic acids is 1.